The van der Waals surface area contributed by atoms with E-state index in [9.17, 15) is 0 Å². The van der Waals surface area contributed by atoms with Gasteiger partial charge in [-0.25, -0.2) is 0 Å². The number of rotatable bonds is 6. The Hall–Kier alpha value is -1.13. The first kappa shape index (κ1) is 14.3. The van der Waals surface area contributed by atoms with Crippen LogP contribution in [0.25, 0.3) is 0 Å². The van der Waals surface area contributed by atoms with E-state index in [1.54, 1.807) is 0 Å². The zero-order chi connectivity index (χ0) is 13.5. The zero-order valence-electron chi connectivity index (χ0n) is 12.0. The highest BCUT2D eigenvalue weighted by Gasteiger charge is 2.19. The Morgan fingerprint density at radius 1 is 1.37 bits per heavy atom. The molecule has 0 saturated carbocycles. The van der Waals surface area contributed by atoms with Crippen molar-refractivity contribution in [2.45, 2.75) is 38.8 Å². The molecular weight excluding hydrogens is 238 g/mol. The largest absolute Gasteiger partial charge is 0.377 e. The van der Waals surface area contributed by atoms with E-state index in [4.69, 9.17) is 4.74 Å². The van der Waals surface area contributed by atoms with E-state index in [1.807, 2.05) is 19.3 Å². The summed E-state index contributed by atoms with van der Waals surface area (Å²) in [6.45, 7) is 8.15. The fourth-order valence-electron chi connectivity index (χ4n) is 2.57. The number of nitrogens with zero attached hydrogens (tertiary/aromatic N) is 2. The molecule has 1 aliphatic rings. The lowest BCUT2D eigenvalue weighted by molar-refractivity contribution is 0.0732. The number of hydrogen-bond donors (Lipinski definition) is 1. The van der Waals surface area contributed by atoms with Crippen LogP contribution < -0.4 is 10.2 Å². The summed E-state index contributed by atoms with van der Waals surface area (Å²) in [6.07, 6.45) is 6.43. The van der Waals surface area contributed by atoms with Crippen LogP contribution in [-0.4, -0.2) is 43.4 Å². The van der Waals surface area contributed by atoms with Crippen molar-refractivity contribution < 1.29 is 4.74 Å². The van der Waals surface area contributed by atoms with Crippen LogP contribution in [0.3, 0.4) is 0 Å². The molecule has 0 aromatic carbocycles. The van der Waals surface area contributed by atoms with Gasteiger partial charge in [-0.05, 0) is 38.8 Å². The number of nitrogens with one attached hydrogen (secondary N) is 1. The predicted molar refractivity (Wildman–Crippen MR) is 78.6 cm³/mol. The summed E-state index contributed by atoms with van der Waals surface area (Å²) >= 11 is 0. The minimum atomic E-state index is 0.309. The minimum absolute atomic E-state index is 0.309. The van der Waals surface area contributed by atoms with Crippen molar-refractivity contribution >= 4 is 5.69 Å². The van der Waals surface area contributed by atoms with Gasteiger partial charge in [-0.2, -0.15) is 0 Å². The van der Waals surface area contributed by atoms with Gasteiger partial charge in [0.1, 0.15) is 0 Å². The van der Waals surface area contributed by atoms with Crippen molar-refractivity contribution in [3.63, 3.8) is 0 Å². The second-order valence-electron chi connectivity index (χ2n) is 5.14. The topological polar surface area (TPSA) is 37.4 Å². The number of pyridine rings is 1. The molecule has 0 aliphatic carbocycles. The summed E-state index contributed by atoms with van der Waals surface area (Å²) in [4.78, 5) is 6.50. The lowest BCUT2D eigenvalue weighted by Crippen LogP contribution is -2.44. The van der Waals surface area contributed by atoms with Crippen molar-refractivity contribution in [3.8, 4) is 0 Å². The molecule has 1 aromatic rings. The van der Waals surface area contributed by atoms with Crippen LogP contribution in [0.5, 0.6) is 0 Å². The smallest absolute Gasteiger partial charge is 0.0671 e. The molecule has 4 nitrogen and oxygen atoms in total. The molecule has 2 heterocycles. The highest BCUT2D eigenvalue weighted by molar-refractivity contribution is 5.44. The Morgan fingerprint density at radius 2 is 2.05 bits per heavy atom. The molecule has 1 atom stereocenters. The van der Waals surface area contributed by atoms with E-state index in [-0.39, 0.29) is 0 Å². The number of ether oxygens (including phenoxy) is 1. The number of hydrogen-bond acceptors (Lipinski definition) is 4. The fourth-order valence-corrected chi connectivity index (χ4v) is 2.57. The van der Waals surface area contributed by atoms with Crippen LogP contribution in [0.2, 0.25) is 0 Å². The van der Waals surface area contributed by atoms with Crippen LogP contribution in [-0.2, 0) is 4.74 Å². The first-order valence-corrected chi connectivity index (χ1v) is 7.29. The number of anilines is 1. The number of aromatic nitrogens is 1. The third-order valence-electron chi connectivity index (χ3n) is 3.67. The van der Waals surface area contributed by atoms with Crippen LogP contribution in [0, 0.1) is 0 Å². The summed E-state index contributed by atoms with van der Waals surface area (Å²) in [6, 6.07) is 4.80. The second-order valence-corrected chi connectivity index (χ2v) is 5.14. The summed E-state index contributed by atoms with van der Waals surface area (Å²) < 4.78 is 5.54. The Balaban J connectivity index is 1.71. The third kappa shape index (κ3) is 4.48. The molecule has 0 bridgehead atoms. The molecule has 19 heavy (non-hydrogen) atoms. The molecule has 106 valence electrons. The average molecular weight is 263 g/mol. The molecule has 0 amide bonds. The molecular formula is C15H25N3O. The molecule has 1 aromatic heterocycles. The predicted octanol–water partition coefficient (Wildman–Crippen LogP) is 2.06. The average Bonchev–Trinajstić information content (AvgIpc) is 2.47. The van der Waals surface area contributed by atoms with Gasteiger partial charge in [0.15, 0.2) is 0 Å². The van der Waals surface area contributed by atoms with Gasteiger partial charge in [0.25, 0.3) is 0 Å². The van der Waals surface area contributed by atoms with Gasteiger partial charge >= 0.3 is 0 Å². The molecule has 1 N–H and O–H groups in total. The Kier molecular flexibility index (Phi) is 5.61. The molecule has 1 unspecified atom stereocenters. The Morgan fingerprint density at radius 3 is 2.68 bits per heavy atom. The standard InChI is InChI=1S/C15H25N3O/c1-3-19-13(2)12-17-14-6-10-18(11-7-14)15-4-8-16-9-5-15/h4-5,8-9,13-14,17H,3,6-7,10-12H2,1-2H3. The third-order valence-corrected chi connectivity index (χ3v) is 3.67. The summed E-state index contributed by atoms with van der Waals surface area (Å²) in [5, 5.41) is 3.61. The monoisotopic (exact) mass is 263 g/mol. The highest BCUT2D eigenvalue weighted by atomic mass is 16.5. The van der Waals surface area contributed by atoms with E-state index in [0.29, 0.717) is 12.1 Å². The second kappa shape index (κ2) is 7.46. The SMILES string of the molecule is CCOC(C)CNC1CCN(c2ccncc2)CC1. The molecule has 1 saturated heterocycles. The first-order chi connectivity index (χ1) is 9.29. The zero-order valence-corrected chi connectivity index (χ0v) is 12.0. The normalized spacial score (nSPS) is 18.5. The maximum Gasteiger partial charge on any atom is 0.0671 e. The first-order valence-electron chi connectivity index (χ1n) is 7.29. The van der Waals surface area contributed by atoms with Gasteiger partial charge in [-0.3, -0.25) is 4.98 Å². The molecule has 2 rings (SSSR count). The van der Waals surface area contributed by atoms with E-state index in [1.165, 1.54) is 18.5 Å². The molecule has 4 heteroatoms. The van der Waals surface area contributed by atoms with Gasteiger partial charge in [0.05, 0.1) is 6.10 Å². The van der Waals surface area contributed by atoms with Gasteiger partial charge in [0.2, 0.25) is 0 Å². The van der Waals surface area contributed by atoms with E-state index >= 15 is 0 Å². The quantitative estimate of drug-likeness (QED) is 0.852. The van der Waals surface area contributed by atoms with Crippen LogP contribution in [0.1, 0.15) is 26.7 Å². The molecule has 0 spiro atoms. The summed E-state index contributed by atoms with van der Waals surface area (Å²) in [5.74, 6) is 0. The van der Waals surface area contributed by atoms with Gasteiger partial charge in [-0.15, -0.1) is 0 Å². The van der Waals surface area contributed by atoms with Crippen molar-refractivity contribution in [2.24, 2.45) is 0 Å². The van der Waals surface area contributed by atoms with E-state index in [2.05, 4.69) is 34.3 Å². The van der Waals surface area contributed by atoms with Crippen LogP contribution in [0.15, 0.2) is 24.5 Å². The maximum atomic E-state index is 5.54. The van der Waals surface area contributed by atoms with E-state index in [0.717, 1.165) is 26.2 Å². The van der Waals surface area contributed by atoms with Crippen LogP contribution in [0.4, 0.5) is 5.69 Å². The number of piperidine rings is 1. The van der Waals surface area contributed by atoms with Gasteiger partial charge < -0.3 is 15.0 Å². The van der Waals surface area contributed by atoms with Crippen molar-refractivity contribution in [3.05, 3.63) is 24.5 Å². The minimum Gasteiger partial charge on any atom is -0.377 e. The molecule has 1 aliphatic heterocycles. The van der Waals surface area contributed by atoms with Gasteiger partial charge in [-0.1, -0.05) is 0 Å². The highest BCUT2D eigenvalue weighted by Crippen LogP contribution is 2.18. The van der Waals surface area contributed by atoms with Gasteiger partial charge in [0, 0.05) is 50.4 Å². The fraction of sp³-hybridized carbons (Fsp3) is 0.667. The lowest BCUT2D eigenvalue weighted by Gasteiger charge is -2.34. The van der Waals surface area contributed by atoms with E-state index < -0.39 is 0 Å². The molecule has 0 radical (unpaired) electrons. The van der Waals surface area contributed by atoms with Crippen molar-refractivity contribution in [2.75, 3.05) is 31.1 Å². The summed E-state index contributed by atoms with van der Waals surface area (Å²) in [7, 11) is 0. The summed E-state index contributed by atoms with van der Waals surface area (Å²) in [5.41, 5.74) is 1.29. The maximum absolute atomic E-state index is 5.54. The Bertz CT molecular complexity index is 350. The van der Waals surface area contributed by atoms with Crippen molar-refractivity contribution in [1.82, 2.24) is 10.3 Å². The lowest BCUT2D eigenvalue weighted by atomic mass is 10.0. The Labute approximate surface area is 116 Å². The molecule has 1 fully saturated rings. The van der Waals surface area contributed by atoms with Crippen LogP contribution >= 0.6 is 0 Å². The van der Waals surface area contributed by atoms with Crippen molar-refractivity contribution in [1.29, 1.82) is 0 Å².